The number of carbonyl (C=O) groups is 1. The number of allylic oxidation sites excluding steroid dienone is 5. The SMILES string of the molecule is CCC#CC[C@@H](C/C=C1/C(=O)C=C[C@@H]1C/C=C\CCCCO)O[Si](C)(C)C(C)(C)C. The van der Waals surface area contributed by atoms with E-state index in [2.05, 4.69) is 70.9 Å². The van der Waals surface area contributed by atoms with Crippen molar-refractivity contribution in [3.8, 4) is 11.8 Å². The van der Waals surface area contributed by atoms with Crippen LogP contribution in [0.1, 0.15) is 72.6 Å². The zero-order chi connectivity index (χ0) is 22.6. The van der Waals surface area contributed by atoms with Gasteiger partial charge in [0, 0.05) is 30.9 Å². The van der Waals surface area contributed by atoms with Crippen LogP contribution in [0, 0.1) is 17.8 Å². The lowest BCUT2D eigenvalue weighted by atomic mass is 9.96. The van der Waals surface area contributed by atoms with Crippen LogP contribution in [0.25, 0.3) is 0 Å². The Kier molecular flexibility index (Phi) is 11.6. The second-order valence-electron chi connectivity index (χ2n) is 9.56. The highest BCUT2D eigenvalue weighted by molar-refractivity contribution is 6.74. The van der Waals surface area contributed by atoms with Crippen LogP contribution in [-0.2, 0) is 9.22 Å². The second-order valence-corrected chi connectivity index (χ2v) is 14.3. The van der Waals surface area contributed by atoms with Gasteiger partial charge in [0.2, 0.25) is 0 Å². The lowest BCUT2D eigenvalue weighted by molar-refractivity contribution is -0.111. The molecule has 0 radical (unpaired) electrons. The third-order valence-electron chi connectivity index (χ3n) is 6.00. The molecule has 4 heteroatoms. The Bertz CT molecular complexity index is 683. The molecule has 0 aromatic heterocycles. The van der Waals surface area contributed by atoms with Crippen LogP contribution in [0.4, 0.5) is 0 Å². The van der Waals surface area contributed by atoms with E-state index in [4.69, 9.17) is 9.53 Å². The Morgan fingerprint density at radius 1 is 1.23 bits per heavy atom. The smallest absolute Gasteiger partial charge is 0.192 e. The molecule has 1 N–H and O–H groups in total. The molecule has 0 saturated heterocycles. The van der Waals surface area contributed by atoms with E-state index in [9.17, 15) is 4.79 Å². The summed E-state index contributed by atoms with van der Waals surface area (Å²) in [5.74, 6) is 6.69. The van der Waals surface area contributed by atoms with Crippen molar-refractivity contribution >= 4 is 14.1 Å². The molecular formula is C26H42O3Si. The first-order valence-corrected chi connectivity index (χ1v) is 14.3. The van der Waals surface area contributed by atoms with Gasteiger partial charge in [0.1, 0.15) is 0 Å². The Morgan fingerprint density at radius 2 is 1.97 bits per heavy atom. The average Bonchev–Trinajstić information content (AvgIpc) is 3.01. The van der Waals surface area contributed by atoms with E-state index in [1.807, 2.05) is 6.08 Å². The van der Waals surface area contributed by atoms with E-state index in [1.165, 1.54) is 0 Å². The van der Waals surface area contributed by atoms with Crippen molar-refractivity contribution in [1.82, 2.24) is 0 Å². The predicted octanol–water partition coefficient (Wildman–Crippen LogP) is 6.36. The highest BCUT2D eigenvalue weighted by Gasteiger charge is 2.39. The van der Waals surface area contributed by atoms with Crippen molar-refractivity contribution in [1.29, 1.82) is 0 Å². The quantitative estimate of drug-likeness (QED) is 0.136. The van der Waals surface area contributed by atoms with Crippen LogP contribution < -0.4 is 0 Å². The summed E-state index contributed by atoms with van der Waals surface area (Å²) in [6.45, 7) is 13.6. The first-order chi connectivity index (χ1) is 14.1. The van der Waals surface area contributed by atoms with Gasteiger partial charge in [-0.3, -0.25) is 4.79 Å². The molecule has 0 fully saturated rings. The first kappa shape index (κ1) is 26.6. The molecule has 3 nitrogen and oxygen atoms in total. The lowest BCUT2D eigenvalue weighted by Crippen LogP contribution is -2.43. The van der Waals surface area contributed by atoms with Gasteiger partial charge in [0.25, 0.3) is 0 Å². The standard InChI is InChI=1S/C26H42O3Si/c1-7-8-12-16-23(29-30(5,6)26(2,3)4)18-19-24-22(17-20-25(24)28)15-13-10-9-11-14-21-27/h10,13,17,19-20,22-23,27H,7,9,11,14-16,18,21H2,1-6H3/b13-10-,24-19+/t22-,23-/m0/s1. The molecule has 1 rings (SSSR count). The zero-order valence-corrected chi connectivity index (χ0v) is 21.0. The molecule has 0 aromatic carbocycles. The molecule has 0 aromatic rings. The fourth-order valence-corrected chi connectivity index (χ4v) is 4.48. The molecule has 1 aliphatic rings. The molecule has 0 heterocycles. The van der Waals surface area contributed by atoms with Crippen LogP contribution >= 0.6 is 0 Å². The Balaban J connectivity index is 2.81. The molecule has 0 bridgehead atoms. The zero-order valence-electron chi connectivity index (χ0n) is 20.0. The molecule has 30 heavy (non-hydrogen) atoms. The van der Waals surface area contributed by atoms with Gasteiger partial charge >= 0.3 is 0 Å². The third-order valence-corrected chi connectivity index (χ3v) is 10.5. The summed E-state index contributed by atoms with van der Waals surface area (Å²) in [7, 11) is -1.90. The largest absolute Gasteiger partial charge is 0.413 e. The number of hydrogen-bond acceptors (Lipinski definition) is 3. The summed E-state index contributed by atoms with van der Waals surface area (Å²) in [6, 6.07) is 0. The van der Waals surface area contributed by atoms with Crippen molar-refractivity contribution < 1.29 is 14.3 Å². The lowest BCUT2D eigenvalue weighted by Gasteiger charge is -2.39. The van der Waals surface area contributed by atoms with Crippen molar-refractivity contribution in [3.63, 3.8) is 0 Å². The van der Waals surface area contributed by atoms with Crippen LogP contribution in [-0.4, -0.2) is 31.9 Å². The van der Waals surface area contributed by atoms with Crippen molar-refractivity contribution in [3.05, 3.63) is 36.0 Å². The number of rotatable bonds is 11. The van der Waals surface area contributed by atoms with Gasteiger partial charge in [-0.25, -0.2) is 0 Å². The number of hydrogen-bond donors (Lipinski definition) is 1. The van der Waals surface area contributed by atoms with Crippen molar-refractivity contribution in [2.75, 3.05) is 6.61 Å². The molecular weight excluding hydrogens is 388 g/mol. The maximum atomic E-state index is 12.4. The number of carbonyl (C=O) groups excluding carboxylic acids is 1. The van der Waals surface area contributed by atoms with E-state index >= 15 is 0 Å². The highest BCUT2D eigenvalue weighted by Crippen LogP contribution is 2.38. The molecule has 168 valence electrons. The second kappa shape index (κ2) is 13.1. The Morgan fingerprint density at radius 3 is 2.60 bits per heavy atom. The van der Waals surface area contributed by atoms with Gasteiger partial charge < -0.3 is 9.53 Å². The Labute approximate surface area is 185 Å². The molecule has 1 aliphatic carbocycles. The molecule has 0 saturated carbocycles. The fourth-order valence-electron chi connectivity index (χ4n) is 3.11. The summed E-state index contributed by atoms with van der Waals surface area (Å²) in [5.41, 5.74) is 0.891. The third kappa shape index (κ3) is 9.16. The molecule has 0 spiro atoms. The minimum atomic E-state index is -1.90. The van der Waals surface area contributed by atoms with Gasteiger partial charge in [0.05, 0.1) is 6.10 Å². The van der Waals surface area contributed by atoms with Gasteiger partial charge in [0.15, 0.2) is 14.1 Å². The van der Waals surface area contributed by atoms with Crippen LogP contribution in [0.2, 0.25) is 18.1 Å². The predicted molar refractivity (Wildman–Crippen MR) is 130 cm³/mol. The summed E-state index contributed by atoms with van der Waals surface area (Å²) >= 11 is 0. The van der Waals surface area contributed by atoms with Gasteiger partial charge in [-0.1, -0.05) is 52.0 Å². The van der Waals surface area contributed by atoms with E-state index in [0.29, 0.717) is 6.42 Å². The molecule has 0 unspecified atom stereocenters. The number of unbranched alkanes of at least 4 members (excludes halogenated alkanes) is 2. The molecule has 0 aliphatic heterocycles. The normalized spacial score (nSPS) is 19.5. The highest BCUT2D eigenvalue weighted by atomic mass is 28.4. The maximum absolute atomic E-state index is 12.4. The van der Waals surface area contributed by atoms with E-state index in [0.717, 1.165) is 44.1 Å². The number of aliphatic hydroxyl groups excluding tert-OH is 1. The topological polar surface area (TPSA) is 46.5 Å². The summed E-state index contributed by atoms with van der Waals surface area (Å²) in [4.78, 5) is 12.4. The van der Waals surface area contributed by atoms with E-state index in [1.54, 1.807) is 6.08 Å². The molecule has 0 amide bonds. The van der Waals surface area contributed by atoms with Crippen LogP contribution in [0.15, 0.2) is 36.0 Å². The monoisotopic (exact) mass is 430 g/mol. The molecule has 2 atom stereocenters. The van der Waals surface area contributed by atoms with Crippen LogP contribution in [0.3, 0.4) is 0 Å². The summed E-state index contributed by atoms with van der Waals surface area (Å²) in [6.07, 6.45) is 16.1. The van der Waals surface area contributed by atoms with E-state index < -0.39 is 8.32 Å². The average molecular weight is 431 g/mol. The van der Waals surface area contributed by atoms with Crippen molar-refractivity contribution in [2.24, 2.45) is 5.92 Å². The summed E-state index contributed by atoms with van der Waals surface area (Å²) < 4.78 is 6.64. The minimum absolute atomic E-state index is 0.0283. The van der Waals surface area contributed by atoms with Gasteiger partial charge in [-0.15, -0.1) is 11.8 Å². The van der Waals surface area contributed by atoms with E-state index in [-0.39, 0.29) is 29.5 Å². The van der Waals surface area contributed by atoms with Gasteiger partial charge in [-0.05, 0) is 56.3 Å². The van der Waals surface area contributed by atoms with Crippen LogP contribution in [0.5, 0.6) is 0 Å². The van der Waals surface area contributed by atoms with Gasteiger partial charge in [-0.2, -0.15) is 0 Å². The first-order valence-electron chi connectivity index (χ1n) is 11.4. The summed E-state index contributed by atoms with van der Waals surface area (Å²) in [5, 5.41) is 9.00. The maximum Gasteiger partial charge on any atom is 0.192 e. The number of aliphatic hydroxyl groups is 1. The van der Waals surface area contributed by atoms with Crippen molar-refractivity contribution in [2.45, 2.75) is 96.9 Å². The minimum Gasteiger partial charge on any atom is -0.413 e. The Hall–Kier alpha value is -1.41. The fraction of sp³-hybridized carbons (Fsp3) is 0.654. The number of ketones is 1.